The first kappa shape index (κ1) is 23.2. The van der Waals surface area contributed by atoms with Crippen molar-refractivity contribution in [3.63, 3.8) is 0 Å². The first-order valence-corrected chi connectivity index (χ1v) is 10.7. The van der Waals surface area contributed by atoms with Gasteiger partial charge in [-0.2, -0.15) is 0 Å². The largest absolute Gasteiger partial charge is 0.342 e. The molecule has 166 valence electrons. The first-order chi connectivity index (χ1) is 15.2. The van der Waals surface area contributed by atoms with Gasteiger partial charge in [0.2, 0.25) is 5.91 Å². The zero-order chi connectivity index (χ0) is 23.3. The van der Waals surface area contributed by atoms with Gasteiger partial charge in [0.05, 0.1) is 16.7 Å². The summed E-state index contributed by atoms with van der Waals surface area (Å²) < 4.78 is 1.70. The average molecular weight is 475 g/mol. The van der Waals surface area contributed by atoms with E-state index in [2.05, 4.69) is 20.8 Å². The molecule has 10 nitrogen and oxygen atoms in total. The van der Waals surface area contributed by atoms with Crippen LogP contribution in [0.15, 0.2) is 53.7 Å². The maximum atomic E-state index is 12.4. The molecule has 3 rings (SSSR count). The highest BCUT2D eigenvalue weighted by Gasteiger charge is 2.19. The van der Waals surface area contributed by atoms with Crippen molar-refractivity contribution in [2.45, 2.75) is 18.1 Å². The summed E-state index contributed by atoms with van der Waals surface area (Å²) in [6, 6.07) is 11.7. The molecule has 12 heteroatoms. The molecular formula is C20H19ClN6O4S. The van der Waals surface area contributed by atoms with E-state index in [0.717, 1.165) is 0 Å². The average Bonchev–Trinajstić information content (AvgIpc) is 3.13. The van der Waals surface area contributed by atoms with Gasteiger partial charge >= 0.3 is 0 Å². The van der Waals surface area contributed by atoms with E-state index in [1.165, 1.54) is 36.0 Å². The molecule has 0 radical (unpaired) electrons. The minimum Gasteiger partial charge on any atom is -0.342 e. The van der Waals surface area contributed by atoms with Crippen LogP contribution >= 0.6 is 23.4 Å². The van der Waals surface area contributed by atoms with Crippen LogP contribution in [0.5, 0.6) is 0 Å². The molecule has 2 aromatic carbocycles. The Balaban J connectivity index is 1.55. The Morgan fingerprint density at radius 1 is 1.16 bits per heavy atom. The van der Waals surface area contributed by atoms with Crippen molar-refractivity contribution in [1.29, 1.82) is 0 Å². The van der Waals surface area contributed by atoms with Gasteiger partial charge in [-0.15, -0.1) is 10.2 Å². The predicted molar refractivity (Wildman–Crippen MR) is 121 cm³/mol. The Morgan fingerprint density at radius 2 is 1.81 bits per heavy atom. The number of non-ortho nitro benzene ring substituents is 1. The van der Waals surface area contributed by atoms with E-state index in [1.807, 2.05) is 0 Å². The highest BCUT2D eigenvalue weighted by atomic mass is 35.5. The summed E-state index contributed by atoms with van der Waals surface area (Å²) >= 11 is 7.03. The lowest BCUT2D eigenvalue weighted by atomic mass is 10.2. The third kappa shape index (κ3) is 5.83. The topological polar surface area (TPSA) is 132 Å². The molecule has 0 unspecified atom stereocenters. The van der Waals surface area contributed by atoms with Crippen LogP contribution in [0.4, 0.5) is 11.4 Å². The van der Waals surface area contributed by atoms with Crippen molar-refractivity contribution in [2.75, 3.05) is 11.1 Å². The number of hydrogen-bond acceptors (Lipinski definition) is 7. The molecule has 0 aliphatic rings. The summed E-state index contributed by atoms with van der Waals surface area (Å²) in [4.78, 5) is 34.8. The molecule has 3 aromatic rings. The van der Waals surface area contributed by atoms with Crippen LogP contribution < -0.4 is 10.6 Å². The molecular weight excluding hydrogens is 456 g/mol. The van der Waals surface area contributed by atoms with E-state index < -0.39 is 11.0 Å². The van der Waals surface area contributed by atoms with Crippen molar-refractivity contribution in [3.05, 3.63) is 75.1 Å². The van der Waals surface area contributed by atoms with Gasteiger partial charge in [-0.3, -0.25) is 19.7 Å². The highest BCUT2D eigenvalue weighted by Crippen LogP contribution is 2.21. The number of nitro groups is 1. The van der Waals surface area contributed by atoms with Crippen LogP contribution in [0.2, 0.25) is 5.02 Å². The smallest absolute Gasteiger partial charge is 0.269 e. The summed E-state index contributed by atoms with van der Waals surface area (Å²) in [5.41, 5.74) is 0.876. The monoisotopic (exact) mass is 474 g/mol. The van der Waals surface area contributed by atoms with Gasteiger partial charge in [-0.05, 0) is 43.3 Å². The van der Waals surface area contributed by atoms with Crippen LogP contribution in [0.25, 0.3) is 0 Å². The number of benzene rings is 2. The fourth-order valence-electron chi connectivity index (χ4n) is 2.77. The normalized spacial score (nSPS) is 11.6. The lowest BCUT2D eigenvalue weighted by molar-refractivity contribution is -0.384. The van der Waals surface area contributed by atoms with Crippen molar-refractivity contribution < 1.29 is 14.5 Å². The fourth-order valence-corrected chi connectivity index (χ4v) is 3.61. The number of aromatic nitrogens is 3. The number of halogens is 1. The van der Waals surface area contributed by atoms with E-state index in [1.54, 1.807) is 42.8 Å². The number of anilines is 1. The van der Waals surface area contributed by atoms with Crippen LogP contribution in [-0.4, -0.2) is 37.3 Å². The van der Waals surface area contributed by atoms with Gasteiger partial charge in [-0.1, -0.05) is 23.4 Å². The first-order valence-electron chi connectivity index (χ1n) is 9.37. The molecule has 0 spiro atoms. The maximum Gasteiger partial charge on any atom is 0.269 e. The molecule has 2 N–H and O–H groups in total. The Bertz CT molecular complexity index is 1130. The van der Waals surface area contributed by atoms with Crippen molar-refractivity contribution >= 4 is 46.6 Å². The molecule has 0 saturated heterocycles. The molecule has 1 atom stereocenters. The SMILES string of the molecule is C[C@H](NC(=O)c1ccc(Cl)cc1)c1nnc(SCC(=O)Nc2ccc([N+](=O)[O-])cc2)n1C. The third-order valence-electron chi connectivity index (χ3n) is 4.40. The quantitative estimate of drug-likeness (QED) is 0.289. The second kappa shape index (κ2) is 10.2. The third-order valence-corrected chi connectivity index (χ3v) is 5.68. The van der Waals surface area contributed by atoms with Crippen molar-refractivity contribution in [3.8, 4) is 0 Å². The predicted octanol–water partition coefficient (Wildman–Crippen LogP) is 3.60. The van der Waals surface area contributed by atoms with E-state index in [0.29, 0.717) is 27.3 Å². The van der Waals surface area contributed by atoms with Crippen molar-refractivity contribution in [2.24, 2.45) is 7.05 Å². The Kier molecular flexibility index (Phi) is 7.44. The summed E-state index contributed by atoms with van der Waals surface area (Å²) in [5.74, 6) is 0.0333. The number of amides is 2. The van der Waals surface area contributed by atoms with Crippen molar-refractivity contribution in [1.82, 2.24) is 20.1 Å². The number of carbonyl (C=O) groups excluding carboxylic acids is 2. The molecule has 2 amide bonds. The second-order valence-electron chi connectivity index (χ2n) is 6.74. The summed E-state index contributed by atoms with van der Waals surface area (Å²) in [5, 5.41) is 25.5. The minimum atomic E-state index is -0.508. The number of thioether (sulfide) groups is 1. The van der Waals surface area contributed by atoms with E-state index >= 15 is 0 Å². The Morgan fingerprint density at radius 3 is 2.44 bits per heavy atom. The van der Waals surface area contributed by atoms with E-state index in [9.17, 15) is 19.7 Å². The molecule has 0 saturated carbocycles. The zero-order valence-corrected chi connectivity index (χ0v) is 18.7. The molecule has 1 heterocycles. The van der Waals surface area contributed by atoms with Crippen LogP contribution in [0.3, 0.4) is 0 Å². The van der Waals surface area contributed by atoms with E-state index in [4.69, 9.17) is 11.6 Å². The molecule has 0 aliphatic heterocycles. The number of rotatable bonds is 8. The molecule has 32 heavy (non-hydrogen) atoms. The van der Waals surface area contributed by atoms with Crippen LogP contribution in [-0.2, 0) is 11.8 Å². The van der Waals surface area contributed by atoms with Gasteiger partial charge in [0.1, 0.15) is 0 Å². The lowest BCUT2D eigenvalue weighted by Gasteiger charge is -2.13. The number of carbonyl (C=O) groups is 2. The van der Waals surface area contributed by atoms with Crippen LogP contribution in [0.1, 0.15) is 29.1 Å². The maximum absolute atomic E-state index is 12.4. The number of hydrogen-bond donors (Lipinski definition) is 2. The lowest BCUT2D eigenvalue weighted by Crippen LogP contribution is -2.28. The van der Waals surface area contributed by atoms with Gasteiger partial charge < -0.3 is 15.2 Å². The zero-order valence-electron chi connectivity index (χ0n) is 17.1. The molecule has 0 aliphatic carbocycles. The van der Waals surface area contributed by atoms with Crippen LogP contribution in [0, 0.1) is 10.1 Å². The minimum absolute atomic E-state index is 0.0544. The molecule has 0 bridgehead atoms. The van der Waals surface area contributed by atoms with Gasteiger partial charge in [0, 0.05) is 35.5 Å². The fraction of sp³-hybridized carbons (Fsp3) is 0.200. The highest BCUT2D eigenvalue weighted by molar-refractivity contribution is 7.99. The number of nitrogens with one attached hydrogen (secondary N) is 2. The summed E-state index contributed by atoms with van der Waals surface area (Å²) in [6.45, 7) is 1.79. The number of nitrogens with zero attached hydrogens (tertiary/aromatic N) is 4. The van der Waals surface area contributed by atoms with Gasteiger partial charge in [-0.25, -0.2) is 0 Å². The number of nitro benzene ring substituents is 1. The summed E-state index contributed by atoms with van der Waals surface area (Å²) in [6.07, 6.45) is 0. The molecule has 1 aromatic heterocycles. The standard InChI is InChI=1S/C20H19ClN6O4S/c1-12(22-19(29)13-3-5-14(21)6-4-13)18-24-25-20(26(18)2)32-11-17(28)23-15-7-9-16(10-8-15)27(30)31/h3-10,12H,11H2,1-2H3,(H,22,29)(H,23,28)/t12-/m0/s1. The molecule has 0 fully saturated rings. The van der Waals surface area contributed by atoms with Gasteiger partial charge in [0.15, 0.2) is 11.0 Å². The second-order valence-corrected chi connectivity index (χ2v) is 8.12. The summed E-state index contributed by atoms with van der Waals surface area (Å²) in [7, 11) is 1.75. The van der Waals surface area contributed by atoms with Gasteiger partial charge in [0.25, 0.3) is 11.6 Å². The van der Waals surface area contributed by atoms with E-state index in [-0.39, 0.29) is 23.3 Å². The Labute approximate surface area is 192 Å². The Hall–Kier alpha value is -3.44.